The minimum absolute atomic E-state index is 0.135. The van der Waals surface area contributed by atoms with E-state index >= 15 is 0 Å². The molecule has 23 heavy (non-hydrogen) atoms. The smallest absolute Gasteiger partial charge is 0.335 e. The van der Waals surface area contributed by atoms with Crippen molar-refractivity contribution >= 4 is 17.6 Å². The molecule has 0 fully saturated rings. The van der Waals surface area contributed by atoms with Crippen molar-refractivity contribution in [1.82, 2.24) is 0 Å². The average Bonchev–Trinajstić information content (AvgIpc) is 2.47. The fraction of sp³-hybridized carbons (Fsp3) is 0.250. The number of carbonyl (C=O) groups is 1. The van der Waals surface area contributed by atoms with Crippen LogP contribution in [0.5, 0.6) is 5.75 Å². The molecule has 0 aromatic heterocycles. The van der Waals surface area contributed by atoms with E-state index in [1.54, 1.807) is 30.3 Å². The largest absolute Gasteiger partial charge is 0.508 e. The second-order valence-electron chi connectivity index (χ2n) is 6.74. The lowest BCUT2D eigenvalue weighted by Crippen LogP contribution is -2.11. The maximum absolute atomic E-state index is 10.9. The first-order valence-electron chi connectivity index (χ1n) is 7.54. The molecule has 2 aromatic rings. The lowest BCUT2D eigenvalue weighted by Gasteiger charge is -2.21. The van der Waals surface area contributed by atoms with Gasteiger partial charge in [-0.15, -0.1) is 0 Å². The van der Waals surface area contributed by atoms with Gasteiger partial charge in [0.2, 0.25) is 0 Å². The third-order valence-electron chi connectivity index (χ3n) is 3.80. The zero-order chi connectivity index (χ0) is 17.2. The molecule has 0 heterocycles. The Kier molecular flexibility index (Phi) is 4.60. The number of phenols is 1. The Bertz CT molecular complexity index is 747. The molecule has 2 N–H and O–H groups in total. The van der Waals surface area contributed by atoms with Crippen molar-refractivity contribution in [3.05, 3.63) is 64.7 Å². The fourth-order valence-corrected chi connectivity index (χ4v) is 2.44. The summed E-state index contributed by atoms with van der Waals surface area (Å²) in [6.07, 6.45) is 2.00. The van der Waals surface area contributed by atoms with Gasteiger partial charge in [-0.05, 0) is 58.9 Å². The second kappa shape index (κ2) is 6.29. The van der Waals surface area contributed by atoms with Gasteiger partial charge in [0.25, 0.3) is 0 Å². The molecule has 0 aliphatic carbocycles. The molecular formula is C20H22O3. The maximum Gasteiger partial charge on any atom is 0.335 e. The monoisotopic (exact) mass is 310 g/mol. The Morgan fingerprint density at radius 1 is 1.00 bits per heavy atom. The number of allylic oxidation sites excluding steroid dienone is 1. The summed E-state index contributed by atoms with van der Waals surface area (Å²) in [5.41, 5.74) is 4.08. The van der Waals surface area contributed by atoms with E-state index in [9.17, 15) is 9.90 Å². The summed E-state index contributed by atoms with van der Waals surface area (Å²) in [5.74, 6) is -0.620. The number of hydrogen-bond donors (Lipinski definition) is 2. The van der Waals surface area contributed by atoms with Gasteiger partial charge in [-0.3, -0.25) is 0 Å². The minimum Gasteiger partial charge on any atom is -0.508 e. The van der Waals surface area contributed by atoms with Gasteiger partial charge < -0.3 is 10.2 Å². The predicted octanol–water partition coefficient (Wildman–Crippen LogP) is 4.95. The van der Waals surface area contributed by atoms with E-state index in [4.69, 9.17) is 5.11 Å². The van der Waals surface area contributed by atoms with Gasteiger partial charge in [-0.1, -0.05) is 45.0 Å². The SMILES string of the molecule is CC(=Cc1ccc(C(=O)O)cc1)c1ccc(O)c(C(C)(C)C)c1. The van der Waals surface area contributed by atoms with E-state index in [1.807, 2.05) is 25.1 Å². The van der Waals surface area contributed by atoms with Crippen LogP contribution in [0.3, 0.4) is 0 Å². The molecule has 0 saturated carbocycles. The van der Waals surface area contributed by atoms with Gasteiger partial charge in [-0.2, -0.15) is 0 Å². The first-order valence-corrected chi connectivity index (χ1v) is 7.54. The van der Waals surface area contributed by atoms with Crippen LogP contribution >= 0.6 is 0 Å². The minimum atomic E-state index is -0.925. The number of carboxylic acid groups (broad SMARTS) is 1. The Morgan fingerprint density at radius 3 is 2.09 bits per heavy atom. The van der Waals surface area contributed by atoms with Crippen molar-refractivity contribution in [3.63, 3.8) is 0 Å². The highest BCUT2D eigenvalue weighted by molar-refractivity contribution is 5.88. The Hall–Kier alpha value is -2.55. The average molecular weight is 310 g/mol. The number of hydrogen-bond acceptors (Lipinski definition) is 2. The van der Waals surface area contributed by atoms with Crippen LogP contribution in [0.15, 0.2) is 42.5 Å². The van der Waals surface area contributed by atoms with Gasteiger partial charge in [-0.25, -0.2) is 4.79 Å². The van der Waals surface area contributed by atoms with E-state index < -0.39 is 5.97 Å². The maximum atomic E-state index is 10.9. The fourth-order valence-electron chi connectivity index (χ4n) is 2.44. The molecule has 2 aromatic carbocycles. The van der Waals surface area contributed by atoms with Crippen LogP contribution in [-0.2, 0) is 5.41 Å². The molecule has 0 amide bonds. The molecule has 0 spiro atoms. The van der Waals surface area contributed by atoms with E-state index in [1.165, 1.54) is 0 Å². The summed E-state index contributed by atoms with van der Waals surface area (Å²) in [4.78, 5) is 10.9. The molecule has 3 heteroatoms. The summed E-state index contributed by atoms with van der Waals surface area (Å²) < 4.78 is 0. The molecule has 0 aliphatic rings. The number of benzene rings is 2. The first-order chi connectivity index (χ1) is 10.7. The van der Waals surface area contributed by atoms with E-state index in [-0.39, 0.29) is 11.0 Å². The summed E-state index contributed by atoms with van der Waals surface area (Å²) >= 11 is 0. The number of aromatic hydroxyl groups is 1. The first kappa shape index (κ1) is 16.8. The van der Waals surface area contributed by atoms with Crippen LogP contribution in [-0.4, -0.2) is 16.2 Å². The molecule has 3 nitrogen and oxygen atoms in total. The van der Waals surface area contributed by atoms with Crippen LogP contribution in [0.25, 0.3) is 11.6 Å². The molecule has 2 rings (SSSR count). The van der Waals surface area contributed by atoms with E-state index in [2.05, 4.69) is 20.8 Å². The Morgan fingerprint density at radius 2 is 1.57 bits per heavy atom. The molecule has 120 valence electrons. The van der Waals surface area contributed by atoms with Crippen LogP contribution in [0.1, 0.15) is 54.7 Å². The molecule has 0 unspecified atom stereocenters. The van der Waals surface area contributed by atoms with Crippen LogP contribution in [0.4, 0.5) is 0 Å². The topological polar surface area (TPSA) is 57.5 Å². The lowest BCUT2D eigenvalue weighted by atomic mass is 9.84. The van der Waals surface area contributed by atoms with Gasteiger partial charge in [0.15, 0.2) is 0 Å². The van der Waals surface area contributed by atoms with Crippen molar-refractivity contribution in [2.45, 2.75) is 33.1 Å². The summed E-state index contributed by atoms with van der Waals surface area (Å²) in [6.45, 7) is 8.20. The lowest BCUT2D eigenvalue weighted by molar-refractivity contribution is 0.0697. The van der Waals surface area contributed by atoms with Crippen molar-refractivity contribution < 1.29 is 15.0 Å². The quantitative estimate of drug-likeness (QED) is 0.789. The van der Waals surface area contributed by atoms with E-state index in [0.717, 1.165) is 22.3 Å². The summed E-state index contributed by atoms with van der Waals surface area (Å²) in [7, 11) is 0. The predicted molar refractivity (Wildman–Crippen MR) is 93.8 cm³/mol. The number of carboxylic acids is 1. The molecule has 0 atom stereocenters. The number of phenolic OH excluding ortho intramolecular Hbond substituents is 1. The molecule has 0 aliphatic heterocycles. The third-order valence-corrected chi connectivity index (χ3v) is 3.80. The number of rotatable bonds is 3. The Labute approximate surface area is 136 Å². The standard InChI is InChI=1S/C20H22O3/c1-13(11-14-5-7-15(8-6-14)19(22)23)16-9-10-18(21)17(12-16)20(2,3)4/h5-12,21H,1-4H3,(H,22,23). The molecule has 0 saturated heterocycles. The summed E-state index contributed by atoms with van der Waals surface area (Å²) in [6, 6.07) is 12.4. The summed E-state index contributed by atoms with van der Waals surface area (Å²) in [5, 5.41) is 19.0. The van der Waals surface area contributed by atoms with Crippen LogP contribution in [0, 0.1) is 0 Å². The van der Waals surface area contributed by atoms with Crippen LogP contribution in [0.2, 0.25) is 0 Å². The molecular weight excluding hydrogens is 288 g/mol. The van der Waals surface area contributed by atoms with Gasteiger partial charge in [0.05, 0.1) is 5.56 Å². The highest BCUT2D eigenvalue weighted by atomic mass is 16.4. The third kappa shape index (κ3) is 4.01. The molecule has 0 bridgehead atoms. The van der Waals surface area contributed by atoms with Crippen molar-refractivity contribution in [2.75, 3.05) is 0 Å². The van der Waals surface area contributed by atoms with Gasteiger partial charge >= 0.3 is 5.97 Å². The highest BCUT2D eigenvalue weighted by Crippen LogP contribution is 2.33. The van der Waals surface area contributed by atoms with Gasteiger partial charge in [0, 0.05) is 0 Å². The zero-order valence-electron chi connectivity index (χ0n) is 13.9. The van der Waals surface area contributed by atoms with Crippen molar-refractivity contribution in [3.8, 4) is 5.75 Å². The number of aromatic carboxylic acids is 1. The highest BCUT2D eigenvalue weighted by Gasteiger charge is 2.18. The molecule has 0 radical (unpaired) electrons. The van der Waals surface area contributed by atoms with Gasteiger partial charge in [0.1, 0.15) is 5.75 Å². The Balaban J connectivity index is 2.36. The van der Waals surface area contributed by atoms with Crippen molar-refractivity contribution in [2.24, 2.45) is 0 Å². The van der Waals surface area contributed by atoms with Crippen LogP contribution < -0.4 is 0 Å². The second-order valence-corrected chi connectivity index (χ2v) is 6.74. The normalized spacial score (nSPS) is 12.3. The zero-order valence-corrected chi connectivity index (χ0v) is 13.9. The van der Waals surface area contributed by atoms with E-state index in [0.29, 0.717) is 5.75 Å². The van der Waals surface area contributed by atoms with Crippen molar-refractivity contribution in [1.29, 1.82) is 0 Å².